The van der Waals surface area contributed by atoms with Crippen molar-refractivity contribution in [2.45, 2.75) is 6.92 Å². The molecule has 0 atom stereocenters. The van der Waals surface area contributed by atoms with E-state index in [0.29, 0.717) is 5.56 Å². The van der Waals surface area contributed by atoms with Crippen LogP contribution in [-0.4, -0.2) is 20.5 Å². The minimum atomic E-state index is -0.0414. The average Bonchev–Trinajstić information content (AvgIpc) is 3.12. The third kappa shape index (κ3) is 3.04. The minimum absolute atomic E-state index is 0.0414. The highest BCUT2D eigenvalue weighted by molar-refractivity contribution is 7.15. The van der Waals surface area contributed by atoms with Gasteiger partial charge in [0.2, 0.25) is 0 Å². The molecule has 1 aromatic carbocycles. The smallest absolute Gasteiger partial charge is 0.189 e. The number of hydrogen-bond acceptors (Lipinski definition) is 4. The van der Waals surface area contributed by atoms with Crippen LogP contribution >= 0.6 is 11.3 Å². The van der Waals surface area contributed by atoms with E-state index >= 15 is 0 Å². The lowest BCUT2D eigenvalue weighted by atomic mass is 10.1. The molecular weight excluding hydrogens is 294 g/mol. The summed E-state index contributed by atoms with van der Waals surface area (Å²) < 4.78 is 1.65. The maximum atomic E-state index is 12.2. The molecule has 110 valence electrons. The highest BCUT2D eigenvalue weighted by atomic mass is 32.1. The molecule has 0 aliphatic heterocycles. The SMILES string of the molecule is Cc1nn(C)cc1C(=O)/C=C/c1cnc(-c2ccccc2)s1. The van der Waals surface area contributed by atoms with Crippen LogP contribution in [-0.2, 0) is 7.05 Å². The van der Waals surface area contributed by atoms with Gasteiger partial charge in [0.05, 0.1) is 11.3 Å². The van der Waals surface area contributed by atoms with E-state index in [-0.39, 0.29) is 5.78 Å². The van der Waals surface area contributed by atoms with E-state index in [4.69, 9.17) is 0 Å². The largest absolute Gasteiger partial charge is 0.289 e. The molecule has 0 saturated heterocycles. The fourth-order valence-electron chi connectivity index (χ4n) is 2.17. The van der Waals surface area contributed by atoms with Crippen LogP contribution in [0.1, 0.15) is 20.9 Å². The van der Waals surface area contributed by atoms with Crippen LogP contribution in [0.3, 0.4) is 0 Å². The van der Waals surface area contributed by atoms with Crippen LogP contribution in [0.2, 0.25) is 0 Å². The van der Waals surface area contributed by atoms with E-state index in [9.17, 15) is 4.79 Å². The fourth-order valence-corrected chi connectivity index (χ4v) is 2.99. The van der Waals surface area contributed by atoms with E-state index in [1.807, 2.05) is 44.3 Å². The molecule has 0 spiro atoms. The van der Waals surface area contributed by atoms with Crippen LogP contribution in [0.15, 0.2) is 48.8 Å². The van der Waals surface area contributed by atoms with Crippen LogP contribution < -0.4 is 0 Å². The van der Waals surface area contributed by atoms with Crippen molar-refractivity contribution in [2.75, 3.05) is 0 Å². The number of allylic oxidation sites excluding steroid dienone is 1. The lowest BCUT2D eigenvalue weighted by Gasteiger charge is -1.92. The van der Waals surface area contributed by atoms with Crippen LogP contribution in [0.25, 0.3) is 16.6 Å². The van der Waals surface area contributed by atoms with Gasteiger partial charge >= 0.3 is 0 Å². The molecule has 0 N–H and O–H groups in total. The van der Waals surface area contributed by atoms with Crippen LogP contribution in [0.5, 0.6) is 0 Å². The van der Waals surface area contributed by atoms with Gasteiger partial charge in [0, 0.05) is 29.9 Å². The summed E-state index contributed by atoms with van der Waals surface area (Å²) in [7, 11) is 1.81. The molecule has 3 aromatic rings. The standard InChI is InChI=1S/C17H15N3OS/c1-12-15(11-20(2)19-12)16(21)9-8-14-10-18-17(22-14)13-6-4-3-5-7-13/h3-11H,1-2H3/b9-8+. The number of nitrogens with zero attached hydrogens (tertiary/aromatic N) is 3. The maximum absolute atomic E-state index is 12.2. The van der Waals surface area contributed by atoms with E-state index in [1.54, 1.807) is 40.6 Å². The number of thiazole rings is 1. The summed E-state index contributed by atoms with van der Waals surface area (Å²) in [6, 6.07) is 10.0. The fraction of sp³-hybridized carbons (Fsp3) is 0.118. The summed E-state index contributed by atoms with van der Waals surface area (Å²) in [5.41, 5.74) is 2.46. The molecule has 22 heavy (non-hydrogen) atoms. The first-order valence-corrected chi connectivity index (χ1v) is 7.69. The molecule has 0 radical (unpaired) electrons. The molecule has 0 saturated carbocycles. The lowest BCUT2D eigenvalue weighted by Crippen LogP contribution is -1.94. The van der Waals surface area contributed by atoms with Gasteiger partial charge in [-0.3, -0.25) is 9.48 Å². The maximum Gasteiger partial charge on any atom is 0.189 e. The Labute approximate surface area is 132 Å². The van der Waals surface area contributed by atoms with E-state index in [1.165, 1.54) is 0 Å². The Bertz CT molecular complexity index is 831. The molecule has 4 nitrogen and oxygen atoms in total. The van der Waals surface area contributed by atoms with Gasteiger partial charge in [-0.1, -0.05) is 30.3 Å². The predicted octanol–water partition coefficient (Wildman–Crippen LogP) is 3.75. The molecule has 0 amide bonds. The topological polar surface area (TPSA) is 47.8 Å². The number of ketones is 1. The molecule has 0 unspecified atom stereocenters. The van der Waals surface area contributed by atoms with Gasteiger partial charge in [-0.25, -0.2) is 4.98 Å². The van der Waals surface area contributed by atoms with Gasteiger partial charge in [0.1, 0.15) is 5.01 Å². The molecule has 2 aromatic heterocycles. The number of carbonyl (C=O) groups is 1. The first-order chi connectivity index (χ1) is 10.6. The van der Waals surface area contributed by atoms with Crippen molar-refractivity contribution in [3.8, 4) is 10.6 Å². The number of rotatable bonds is 4. The van der Waals surface area contributed by atoms with Crippen molar-refractivity contribution in [3.05, 3.63) is 64.9 Å². The Morgan fingerprint density at radius 3 is 2.73 bits per heavy atom. The Hall–Kier alpha value is -2.53. The number of aromatic nitrogens is 3. The average molecular weight is 309 g/mol. The summed E-state index contributed by atoms with van der Waals surface area (Å²) in [6.07, 6.45) is 6.90. The molecule has 2 heterocycles. The molecule has 0 aliphatic carbocycles. The second kappa shape index (κ2) is 6.07. The number of aryl methyl sites for hydroxylation is 2. The van der Waals surface area contributed by atoms with Gasteiger partial charge in [0.25, 0.3) is 0 Å². The van der Waals surface area contributed by atoms with Crippen molar-refractivity contribution in [1.29, 1.82) is 0 Å². The summed E-state index contributed by atoms with van der Waals surface area (Å²) >= 11 is 1.56. The monoisotopic (exact) mass is 309 g/mol. The number of benzene rings is 1. The molecule has 0 aliphatic rings. The zero-order valence-electron chi connectivity index (χ0n) is 12.4. The van der Waals surface area contributed by atoms with E-state index in [2.05, 4.69) is 10.1 Å². The summed E-state index contributed by atoms with van der Waals surface area (Å²) in [5, 5.41) is 5.13. The molecule has 5 heteroatoms. The zero-order chi connectivity index (χ0) is 15.5. The number of carbonyl (C=O) groups excluding carboxylic acids is 1. The highest BCUT2D eigenvalue weighted by Gasteiger charge is 2.09. The van der Waals surface area contributed by atoms with Gasteiger partial charge in [0.15, 0.2) is 5.78 Å². The van der Waals surface area contributed by atoms with E-state index in [0.717, 1.165) is 21.1 Å². The third-order valence-corrected chi connectivity index (χ3v) is 4.23. The molecule has 3 rings (SSSR count). The normalized spacial score (nSPS) is 11.2. The molecule has 0 fully saturated rings. The van der Waals surface area contributed by atoms with Gasteiger partial charge in [-0.2, -0.15) is 5.10 Å². The second-order valence-corrected chi connectivity index (χ2v) is 6.00. The summed E-state index contributed by atoms with van der Waals surface area (Å²) in [6.45, 7) is 1.83. The predicted molar refractivity (Wildman–Crippen MR) is 88.9 cm³/mol. The Kier molecular flexibility index (Phi) is 3.98. The second-order valence-electron chi connectivity index (χ2n) is 4.93. The van der Waals surface area contributed by atoms with Crippen molar-refractivity contribution in [2.24, 2.45) is 7.05 Å². The molecule has 0 bridgehead atoms. The Balaban J connectivity index is 1.78. The van der Waals surface area contributed by atoms with Crippen LogP contribution in [0.4, 0.5) is 0 Å². The Morgan fingerprint density at radius 1 is 1.27 bits per heavy atom. The third-order valence-electron chi connectivity index (χ3n) is 3.22. The quantitative estimate of drug-likeness (QED) is 0.545. The minimum Gasteiger partial charge on any atom is -0.289 e. The first kappa shape index (κ1) is 14.4. The summed E-state index contributed by atoms with van der Waals surface area (Å²) in [5.74, 6) is -0.0414. The zero-order valence-corrected chi connectivity index (χ0v) is 13.2. The van der Waals surface area contributed by atoms with Crippen molar-refractivity contribution >= 4 is 23.2 Å². The molecular formula is C17H15N3OS. The van der Waals surface area contributed by atoms with Crippen molar-refractivity contribution in [1.82, 2.24) is 14.8 Å². The van der Waals surface area contributed by atoms with Crippen molar-refractivity contribution < 1.29 is 4.79 Å². The van der Waals surface area contributed by atoms with Gasteiger partial charge < -0.3 is 0 Å². The van der Waals surface area contributed by atoms with Gasteiger partial charge in [-0.05, 0) is 19.1 Å². The number of hydrogen-bond donors (Lipinski definition) is 0. The summed E-state index contributed by atoms with van der Waals surface area (Å²) in [4.78, 5) is 17.5. The van der Waals surface area contributed by atoms with Crippen LogP contribution in [0, 0.1) is 6.92 Å². The first-order valence-electron chi connectivity index (χ1n) is 6.87. The van der Waals surface area contributed by atoms with Gasteiger partial charge in [-0.15, -0.1) is 11.3 Å². The lowest BCUT2D eigenvalue weighted by molar-refractivity contribution is 0.104. The van der Waals surface area contributed by atoms with E-state index < -0.39 is 0 Å². The highest BCUT2D eigenvalue weighted by Crippen LogP contribution is 2.25. The van der Waals surface area contributed by atoms with Crippen molar-refractivity contribution in [3.63, 3.8) is 0 Å². The Morgan fingerprint density at radius 2 is 2.05 bits per heavy atom.